The minimum atomic E-state index is -4.42. The normalized spacial score (nSPS) is 13.9. The van der Waals surface area contributed by atoms with Gasteiger partial charge in [0.1, 0.15) is 0 Å². The predicted octanol–water partition coefficient (Wildman–Crippen LogP) is 4.43. The average Bonchev–Trinajstić information content (AvgIpc) is 2.74. The van der Waals surface area contributed by atoms with E-state index in [1.54, 1.807) is 10.6 Å². The molecule has 0 fully saturated rings. The summed E-state index contributed by atoms with van der Waals surface area (Å²) in [6.45, 7) is 5.16. The zero-order valence-electron chi connectivity index (χ0n) is 11.9. The molecule has 2 aromatic rings. The number of carboxylic acid groups (broad SMARTS) is 1. The lowest BCUT2D eigenvalue weighted by Crippen LogP contribution is -2.14. The number of hydrogen-bond donors (Lipinski definition) is 1. The van der Waals surface area contributed by atoms with E-state index < -0.39 is 23.6 Å². The Kier molecular flexibility index (Phi) is 3.74. The fourth-order valence-corrected chi connectivity index (χ4v) is 2.46. The van der Waals surface area contributed by atoms with E-state index in [9.17, 15) is 18.0 Å². The lowest BCUT2D eigenvalue weighted by molar-refractivity contribution is -0.139. The van der Waals surface area contributed by atoms with Gasteiger partial charge in [-0.3, -0.25) is 4.79 Å². The maximum Gasteiger partial charge on any atom is 0.416 e. The number of carbonyl (C=O) groups is 1. The van der Waals surface area contributed by atoms with Crippen LogP contribution in [0.3, 0.4) is 0 Å². The van der Waals surface area contributed by atoms with Crippen molar-refractivity contribution in [1.82, 2.24) is 4.57 Å². The number of nitrogens with zero attached hydrogens (tertiary/aromatic N) is 1. The molecular weight excluding hydrogens is 283 g/mol. The molecule has 0 aliphatic heterocycles. The molecule has 1 N–H and O–H groups in total. The highest BCUT2D eigenvalue weighted by atomic mass is 19.4. The molecule has 0 amide bonds. The van der Waals surface area contributed by atoms with Crippen LogP contribution in [-0.4, -0.2) is 15.6 Å². The summed E-state index contributed by atoms with van der Waals surface area (Å²) in [5, 5.41) is 9.77. The Hall–Kier alpha value is -1.98. The molecule has 0 saturated heterocycles. The van der Waals surface area contributed by atoms with Crippen LogP contribution in [-0.2, 0) is 11.0 Å². The second-order valence-corrected chi connectivity index (χ2v) is 5.36. The Morgan fingerprint density at radius 1 is 1.19 bits per heavy atom. The number of carboxylic acids is 1. The topological polar surface area (TPSA) is 42.2 Å². The van der Waals surface area contributed by atoms with E-state index in [1.165, 1.54) is 13.0 Å². The van der Waals surface area contributed by atoms with E-state index in [0.717, 1.165) is 12.1 Å². The quantitative estimate of drug-likeness (QED) is 0.911. The number of aromatic nitrogens is 1. The summed E-state index contributed by atoms with van der Waals surface area (Å²) in [5.74, 6) is -1.79. The van der Waals surface area contributed by atoms with Crippen LogP contribution >= 0.6 is 0 Å². The Labute approximate surface area is 120 Å². The molecule has 0 radical (unpaired) electrons. The van der Waals surface area contributed by atoms with Gasteiger partial charge in [-0.2, -0.15) is 13.2 Å². The highest BCUT2D eigenvalue weighted by molar-refractivity contribution is 5.85. The van der Waals surface area contributed by atoms with Gasteiger partial charge in [0.05, 0.1) is 11.5 Å². The summed E-state index contributed by atoms with van der Waals surface area (Å²) in [6, 6.07) is 4.99. The Balaban J connectivity index is 2.73. The fourth-order valence-electron chi connectivity index (χ4n) is 2.46. The minimum Gasteiger partial charge on any atom is -0.481 e. The maximum atomic E-state index is 12.8. The Morgan fingerprint density at radius 3 is 2.29 bits per heavy atom. The van der Waals surface area contributed by atoms with Crippen LogP contribution in [0.2, 0.25) is 0 Å². The number of halogens is 3. The van der Waals surface area contributed by atoms with E-state index in [-0.39, 0.29) is 6.04 Å². The van der Waals surface area contributed by atoms with Crippen LogP contribution in [0.25, 0.3) is 10.9 Å². The molecule has 1 aromatic carbocycles. The van der Waals surface area contributed by atoms with Gasteiger partial charge in [-0.15, -0.1) is 0 Å². The molecule has 21 heavy (non-hydrogen) atoms. The van der Waals surface area contributed by atoms with Crippen molar-refractivity contribution >= 4 is 16.9 Å². The van der Waals surface area contributed by atoms with E-state index in [0.29, 0.717) is 16.6 Å². The van der Waals surface area contributed by atoms with Gasteiger partial charge in [-0.05, 0) is 44.4 Å². The smallest absolute Gasteiger partial charge is 0.416 e. The molecule has 0 bridgehead atoms. The first-order valence-corrected chi connectivity index (χ1v) is 6.57. The first-order valence-electron chi connectivity index (χ1n) is 6.57. The van der Waals surface area contributed by atoms with Crippen LogP contribution in [0.1, 0.15) is 44.0 Å². The molecule has 1 heterocycles. The molecule has 1 aromatic heterocycles. The third-order valence-electron chi connectivity index (χ3n) is 3.53. The van der Waals surface area contributed by atoms with Crippen LogP contribution in [0, 0.1) is 0 Å². The molecule has 0 aliphatic carbocycles. The number of hydrogen-bond acceptors (Lipinski definition) is 1. The number of rotatable bonds is 3. The standard InChI is InChI=1S/C15H16F3NO2/c1-8(2)19-12(9(3)14(20)21)6-10-4-5-11(7-13(10)19)15(16,17)18/h4-9H,1-3H3,(H,20,21). The van der Waals surface area contributed by atoms with E-state index >= 15 is 0 Å². The second-order valence-electron chi connectivity index (χ2n) is 5.36. The number of aliphatic carboxylic acids is 1. The van der Waals surface area contributed by atoms with Gasteiger partial charge >= 0.3 is 12.1 Å². The van der Waals surface area contributed by atoms with Crippen LogP contribution in [0.4, 0.5) is 13.2 Å². The Morgan fingerprint density at radius 2 is 1.81 bits per heavy atom. The van der Waals surface area contributed by atoms with Gasteiger partial charge in [0.15, 0.2) is 0 Å². The maximum absolute atomic E-state index is 12.8. The second kappa shape index (κ2) is 5.09. The van der Waals surface area contributed by atoms with E-state index in [2.05, 4.69) is 0 Å². The van der Waals surface area contributed by atoms with Crippen LogP contribution in [0.15, 0.2) is 24.3 Å². The molecule has 0 saturated carbocycles. The number of alkyl halides is 3. The molecule has 2 rings (SSSR count). The summed E-state index contributed by atoms with van der Waals surface area (Å²) in [6.07, 6.45) is -4.42. The van der Waals surface area contributed by atoms with Crippen molar-refractivity contribution in [3.63, 3.8) is 0 Å². The molecule has 3 nitrogen and oxygen atoms in total. The van der Waals surface area contributed by atoms with E-state index in [4.69, 9.17) is 5.11 Å². The van der Waals surface area contributed by atoms with Gasteiger partial charge in [0.25, 0.3) is 0 Å². The molecule has 114 valence electrons. The molecule has 6 heteroatoms. The van der Waals surface area contributed by atoms with Gasteiger partial charge in [0.2, 0.25) is 0 Å². The van der Waals surface area contributed by atoms with Crippen LogP contribution in [0.5, 0.6) is 0 Å². The zero-order valence-corrected chi connectivity index (χ0v) is 11.9. The third-order valence-corrected chi connectivity index (χ3v) is 3.53. The minimum absolute atomic E-state index is 0.136. The van der Waals surface area contributed by atoms with Crippen molar-refractivity contribution in [3.8, 4) is 0 Å². The van der Waals surface area contributed by atoms with Gasteiger partial charge in [-0.1, -0.05) is 6.07 Å². The first-order chi connectivity index (χ1) is 9.62. The largest absolute Gasteiger partial charge is 0.481 e. The number of fused-ring (bicyclic) bond motifs is 1. The number of benzene rings is 1. The molecule has 0 spiro atoms. The first kappa shape index (κ1) is 15.4. The summed E-state index contributed by atoms with van der Waals surface area (Å²) >= 11 is 0. The van der Waals surface area contributed by atoms with E-state index in [1.807, 2.05) is 13.8 Å². The highest BCUT2D eigenvalue weighted by Crippen LogP contribution is 2.35. The zero-order chi connectivity index (χ0) is 15.9. The highest BCUT2D eigenvalue weighted by Gasteiger charge is 2.31. The average molecular weight is 299 g/mol. The lowest BCUT2D eigenvalue weighted by Gasteiger charge is -2.17. The monoisotopic (exact) mass is 299 g/mol. The molecule has 0 aliphatic rings. The van der Waals surface area contributed by atoms with Gasteiger partial charge < -0.3 is 9.67 Å². The van der Waals surface area contributed by atoms with Gasteiger partial charge in [0, 0.05) is 17.3 Å². The van der Waals surface area contributed by atoms with Crippen molar-refractivity contribution in [2.45, 2.75) is 38.9 Å². The molecule has 1 atom stereocenters. The van der Waals surface area contributed by atoms with Crippen molar-refractivity contribution in [1.29, 1.82) is 0 Å². The van der Waals surface area contributed by atoms with Crippen molar-refractivity contribution in [2.75, 3.05) is 0 Å². The SMILES string of the molecule is CC(C(=O)O)c1cc2ccc(C(F)(F)F)cc2n1C(C)C. The Bertz CT molecular complexity index is 686. The summed E-state index contributed by atoms with van der Waals surface area (Å²) in [7, 11) is 0. The van der Waals surface area contributed by atoms with Gasteiger partial charge in [-0.25, -0.2) is 0 Å². The summed E-state index contributed by atoms with van der Waals surface area (Å²) < 4.78 is 40.2. The third kappa shape index (κ3) is 2.75. The van der Waals surface area contributed by atoms with Crippen molar-refractivity contribution in [3.05, 3.63) is 35.5 Å². The predicted molar refractivity (Wildman–Crippen MR) is 73.4 cm³/mol. The summed E-state index contributed by atoms with van der Waals surface area (Å²) in [4.78, 5) is 11.2. The lowest BCUT2D eigenvalue weighted by atomic mass is 10.1. The fraction of sp³-hybridized carbons (Fsp3) is 0.400. The van der Waals surface area contributed by atoms with Crippen molar-refractivity contribution < 1.29 is 23.1 Å². The van der Waals surface area contributed by atoms with Crippen LogP contribution < -0.4 is 0 Å². The van der Waals surface area contributed by atoms with Crippen molar-refractivity contribution in [2.24, 2.45) is 0 Å². The molecular formula is C15H16F3NO2. The summed E-state index contributed by atoms with van der Waals surface area (Å²) in [5.41, 5.74) is 0.180. The molecule has 1 unspecified atom stereocenters.